The smallest absolute Gasteiger partial charge is 0.295 e. The number of aromatic amines is 1. The van der Waals surface area contributed by atoms with Crippen LogP contribution in [0.15, 0.2) is 11.1 Å². The summed E-state index contributed by atoms with van der Waals surface area (Å²) < 4.78 is 10.6. The Bertz CT molecular complexity index is 460. The van der Waals surface area contributed by atoms with Crippen LogP contribution in [0.3, 0.4) is 0 Å². The molecule has 1 aromatic heterocycles. The van der Waals surface area contributed by atoms with Crippen molar-refractivity contribution in [3.05, 3.63) is 16.7 Å². The number of rotatable bonds is 3. The van der Waals surface area contributed by atoms with Gasteiger partial charge in [0.2, 0.25) is 5.75 Å². The van der Waals surface area contributed by atoms with Crippen LogP contribution in [0, 0.1) is 0 Å². The number of nitrogens with zero attached hydrogens (tertiary/aromatic N) is 1. The molecule has 1 fully saturated rings. The van der Waals surface area contributed by atoms with Crippen LogP contribution < -0.4 is 15.6 Å². The number of ether oxygens (including phenoxy) is 2. The maximum atomic E-state index is 11.5. The second-order valence-corrected chi connectivity index (χ2v) is 4.42. The molecule has 2 rings (SSSR count). The van der Waals surface area contributed by atoms with Gasteiger partial charge in [-0.05, 0) is 20.3 Å². The second kappa shape index (κ2) is 4.37. The first-order valence-corrected chi connectivity index (χ1v) is 5.58. The third-order valence-electron chi connectivity index (χ3n) is 3.31. The van der Waals surface area contributed by atoms with Crippen LogP contribution >= 0.6 is 0 Å². The van der Waals surface area contributed by atoms with E-state index in [0.29, 0.717) is 12.4 Å². The van der Waals surface area contributed by atoms with Gasteiger partial charge >= 0.3 is 0 Å². The molecule has 2 N–H and O–H groups in total. The molecule has 0 amide bonds. The summed E-state index contributed by atoms with van der Waals surface area (Å²) in [4.78, 5) is 18.1. The molecule has 2 heterocycles. The fraction of sp³-hybridized carbons (Fsp3) is 0.636. The van der Waals surface area contributed by atoms with Crippen molar-refractivity contribution >= 4 is 5.82 Å². The lowest BCUT2D eigenvalue weighted by atomic mass is 9.95. The summed E-state index contributed by atoms with van der Waals surface area (Å²) in [5.74, 6) is 0.656. The van der Waals surface area contributed by atoms with E-state index in [1.165, 1.54) is 13.4 Å². The summed E-state index contributed by atoms with van der Waals surface area (Å²) in [6.45, 7) is 4.75. The fourth-order valence-electron chi connectivity index (χ4n) is 1.94. The lowest BCUT2D eigenvalue weighted by molar-refractivity contribution is 0.105. The lowest BCUT2D eigenvalue weighted by Crippen LogP contribution is -2.42. The first-order valence-electron chi connectivity index (χ1n) is 5.58. The van der Waals surface area contributed by atoms with Crippen LogP contribution in [-0.4, -0.2) is 35.3 Å². The zero-order valence-corrected chi connectivity index (χ0v) is 10.2. The Balaban J connectivity index is 2.30. The van der Waals surface area contributed by atoms with E-state index in [1.807, 2.05) is 13.8 Å². The van der Waals surface area contributed by atoms with E-state index in [2.05, 4.69) is 15.3 Å². The van der Waals surface area contributed by atoms with Crippen LogP contribution in [-0.2, 0) is 4.74 Å². The molecule has 6 nitrogen and oxygen atoms in total. The van der Waals surface area contributed by atoms with Gasteiger partial charge in [0.05, 0.1) is 25.1 Å². The molecular formula is C11H17N3O3. The van der Waals surface area contributed by atoms with Gasteiger partial charge in [-0.25, -0.2) is 4.98 Å². The van der Waals surface area contributed by atoms with Crippen LogP contribution in [0.1, 0.15) is 20.3 Å². The number of aromatic nitrogens is 2. The van der Waals surface area contributed by atoms with E-state index in [4.69, 9.17) is 9.47 Å². The molecular weight excluding hydrogens is 222 g/mol. The Hall–Kier alpha value is -1.56. The van der Waals surface area contributed by atoms with Gasteiger partial charge in [0.1, 0.15) is 0 Å². The third-order valence-corrected chi connectivity index (χ3v) is 3.31. The van der Waals surface area contributed by atoms with Crippen molar-refractivity contribution in [3.63, 3.8) is 0 Å². The zero-order valence-electron chi connectivity index (χ0n) is 10.2. The highest BCUT2D eigenvalue weighted by Crippen LogP contribution is 2.30. The molecule has 2 atom stereocenters. The molecule has 0 saturated carbocycles. The largest absolute Gasteiger partial charge is 0.489 e. The molecule has 6 heteroatoms. The quantitative estimate of drug-likeness (QED) is 0.814. The van der Waals surface area contributed by atoms with Gasteiger partial charge < -0.3 is 19.8 Å². The van der Waals surface area contributed by atoms with Crippen molar-refractivity contribution in [1.82, 2.24) is 9.97 Å². The molecule has 0 aromatic carbocycles. The molecule has 1 aliphatic heterocycles. The van der Waals surface area contributed by atoms with Crippen LogP contribution in [0.2, 0.25) is 0 Å². The number of hydrogen-bond acceptors (Lipinski definition) is 5. The number of anilines is 1. The average molecular weight is 239 g/mol. The van der Waals surface area contributed by atoms with Crippen LogP contribution in [0.25, 0.3) is 0 Å². The van der Waals surface area contributed by atoms with Gasteiger partial charge in [0.25, 0.3) is 5.56 Å². The second-order valence-electron chi connectivity index (χ2n) is 4.42. The van der Waals surface area contributed by atoms with Crippen LogP contribution in [0.5, 0.6) is 5.75 Å². The van der Waals surface area contributed by atoms with Gasteiger partial charge in [0.15, 0.2) is 5.82 Å². The van der Waals surface area contributed by atoms with Gasteiger partial charge in [-0.1, -0.05) is 0 Å². The van der Waals surface area contributed by atoms with E-state index in [-0.39, 0.29) is 23.0 Å². The molecule has 2 unspecified atom stereocenters. The summed E-state index contributed by atoms with van der Waals surface area (Å²) in [6.07, 6.45) is 2.29. The molecule has 1 aliphatic rings. The lowest BCUT2D eigenvalue weighted by Gasteiger charge is -2.29. The Morgan fingerprint density at radius 1 is 1.71 bits per heavy atom. The minimum absolute atomic E-state index is 0.0632. The molecule has 0 radical (unpaired) electrons. The maximum absolute atomic E-state index is 11.5. The van der Waals surface area contributed by atoms with E-state index < -0.39 is 0 Å². The van der Waals surface area contributed by atoms with Gasteiger partial charge in [-0.15, -0.1) is 0 Å². The number of H-pyrrole nitrogens is 1. The maximum Gasteiger partial charge on any atom is 0.295 e. The highest BCUT2D eigenvalue weighted by Gasteiger charge is 2.38. The van der Waals surface area contributed by atoms with E-state index in [1.54, 1.807) is 0 Å². The molecule has 0 bridgehead atoms. The Morgan fingerprint density at radius 2 is 2.47 bits per heavy atom. The minimum Gasteiger partial charge on any atom is -0.489 e. The molecule has 1 aromatic rings. The highest BCUT2D eigenvalue weighted by molar-refractivity contribution is 5.50. The number of nitrogens with one attached hydrogen (secondary N) is 2. The topological polar surface area (TPSA) is 76.2 Å². The monoisotopic (exact) mass is 239 g/mol. The summed E-state index contributed by atoms with van der Waals surface area (Å²) in [5, 5.41) is 3.25. The van der Waals surface area contributed by atoms with Crippen molar-refractivity contribution in [2.24, 2.45) is 0 Å². The summed E-state index contributed by atoms with van der Waals surface area (Å²) in [6, 6.07) is 0. The molecule has 1 saturated heterocycles. The van der Waals surface area contributed by atoms with Crippen molar-refractivity contribution < 1.29 is 9.47 Å². The minimum atomic E-state index is -0.292. The Labute approximate surface area is 99.4 Å². The van der Waals surface area contributed by atoms with Gasteiger partial charge in [0, 0.05) is 6.61 Å². The zero-order chi connectivity index (χ0) is 12.5. The summed E-state index contributed by atoms with van der Waals surface area (Å²) in [7, 11) is 1.45. The average Bonchev–Trinajstić information content (AvgIpc) is 2.59. The Kier molecular flexibility index (Phi) is 3.06. The number of methoxy groups -OCH3 is 1. The van der Waals surface area contributed by atoms with E-state index >= 15 is 0 Å². The first-order chi connectivity index (χ1) is 8.07. The normalized spacial score (nSPS) is 28.1. The van der Waals surface area contributed by atoms with Crippen molar-refractivity contribution in [2.45, 2.75) is 31.9 Å². The van der Waals surface area contributed by atoms with E-state index in [0.717, 1.165) is 6.42 Å². The standard InChI is InChI=1S/C11H17N3O3/c1-7-11(2,4-5-17-7)14-9-8(16-3)10(15)13-6-12-9/h6-7H,4-5H2,1-3H3,(H2,12,13,14,15). The highest BCUT2D eigenvalue weighted by atomic mass is 16.5. The summed E-state index contributed by atoms with van der Waals surface area (Å²) in [5.41, 5.74) is -0.520. The Morgan fingerprint density at radius 3 is 3.06 bits per heavy atom. The SMILES string of the molecule is COc1c(NC2(C)CCOC2C)nc[nH]c1=O. The van der Waals surface area contributed by atoms with Gasteiger partial charge in [-0.2, -0.15) is 0 Å². The van der Waals surface area contributed by atoms with Crippen molar-refractivity contribution in [2.75, 3.05) is 19.0 Å². The summed E-state index contributed by atoms with van der Waals surface area (Å²) >= 11 is 0. The molecule has 0 aliphatic carbocycles. The third kappa shape index (κ3) is 2.12. The van der Waals surface area contributed by atoms with Crippen LogP contribution in [0.4, 0.5) is 5.82 Å². The van der Waals surface area contributed by atoms with Crippen molar-refractivity contribution in [1.29, 1.82) is 0 Å². The molecule has 94 valence electrons. The first kappa shape index (κ1) is 11.9. The predicted octanol–water partition coefficient (Wildman–Crippen LogP) is 0.758. The van der Waals surface area contributed by atoms with E-state index in [9.17, 15) is 4.79 Å². The molecule has 17 heavy (non-hydrogen) atoms. The molecule has 0 spiro atoms. The fourth-order valence-corrected chi connectivity index (χ4v) is 1.94. The van der Waals surface area contributed by atoms with Crippen molar-refractivity contribution in [3.8, 4) is 5.75 Å². The predicted molar refractivity (Wildman–Crippen MR) is 63.5 cm³/mol. The van der Waals surface area contributed by atoms with Gasteiger partial charge in [-0.3, -0.25) is 4.79 Å². The number of hydrogen-bond donors (Lipinski definition) is 2.